The summed E-state index contributed by atoms with van der Waals surface area (Å²) in [6.45, 7) is 4.89. The number of hydrogen-bond donors (Lipinski definition) is 0. The molecule has 20 heavy (non-hydrogen) atoms. The van der Waals surface area contributed by atoms with E-state index in [0.29, 0.717) is 18.8 Å². The van der Waals surface area contributed by atoms with Gasteiger partial charge < -0.3 is 4.90 Å². The van der Waals surface area contributed by atoms with Gasteiger partial charge in [-0.15, -0.1) is 41.4 Å². The van der Waals surface area contributed by atoms with Crippen LogP contribution in [0.25, 0.3) is 0 Å². The van der Waals surface area contributed by atoms with Crippen LogP contribution in [-0.2, 0) is 21.7 Å². The summed E-state index contributed by atoms with van der Waals surface area (Å²) in [6, 6.07) is 4.66. The number of nitrogens with zero attached hydrogens (tertiary/aromatic N) is 1. The first-order chi connectivity index (χ1) is 8.89. The Balaban J connectivity index is 0.00000361. The van der Waals surface area contributed by atoms with Crippen molar-refractivity contribution in [2.24, 2.45) is 0 Å². The van der Waals surface area contributed by atoms with Crippen LogP contribution >= 0.6 is 23.2 Å². The number of alkyl halides is 2. The summed E-state index contributed by atoms with van der Waals surface area (Å²) >= 11 is 12.1. The van der Waals surface area contributed by atoms with E-state index in [2.05, 4.69) is 0 Å². The third-order valence-corrected chi connectivity index (χ3v) is 3.74. The fourth-order valence-corrected chi connectivity index (χ4v) is 1.98. The van der Waals surface area contributed by atoms with E-state index in [1.807, 2.05) is 13.0 Å². The molecule has 1 aromatic carbocycles. The smallest absolute Gasteiger partial charge is 0.0717 e. The van der Waals surface area contributed by atoms with E-state index in [9.17, 15) is 8.78 Å². The van der Waals surface area contributed by atoms with E-state index in [4.69, 9.17) is 23.2 Å². The summed E-state index contributed by atoms with van der Waals surface area (Å²) in [5, 5.41) is 0. The summed E-state index contributed by atoms with van der Waals surface area (Å²) in [5.74, 6) is -1.15. The molecule has 1 nitrogen and oxygen atoms in total. The second kappa shape index (κ2) is 9.24. The molecular formula is C14H18Cl2F2NTi-. The van der Waals surface area contributed by atoms with E-state index in [1.165, 1.54) is 12.1 Å². The predicted molar refractivity (Wildman–Crippen MR) is 77.3 cm³/mol. The van der Waals surface area contributed by atoms with Crippen molar-refractivity contribution in [2.75, 3.05) is 23.9 Å². The molecule has 0 aromatic heterocycles. The average molecular weight is 357 g/mol. The number of hydrogen-bond acceptors (Lipinski definition) is 1. The molecule has 6 heteroatoms. The van der Waals surface area contributed by atoms with Gasteiger partial charge in [0.25, 0.3) is 0 Å². The summed E-state index contributed by atoms with van der Waals surface area (Å²) in [5.41, 5.74) is 0.312. The zero-order valence-corrected chi connectivity index (χ0v) is 14.7. The van der Waals surface area contributed by atoms with Crippen molar-refractivity contribution >= 4 is 28.9 Å². The van der Waals surface area contributed by atoms with Crippen molar-refractivity contribution in [1.29, 1.82) is 0 Å². The van der Waals surface area contributed by atoms with Crippen molar-refractivity contribution < 1.29 is 30.5 Å². The van der Waals surface area contributed by atoms with E-state index in [-0.39, 0.29) is 27.6 Å². The molecule has 0 aliphatic heterocycles. The molecule has 0 bridgehead atoms. The Bertz CT molecular complexity index is 416. The quantitative estimate of drug-likeness (QED) is 0.392. The summed E-state index contributed by atoms with van der Waals surface area (Å²) in [6.07, 6.45) is 1.87. The van der Waals surface area contributed by atoms with Crippen molar-refractivity contribution in [1.82, 2.24) is 0 Å². The van der Waals surface area contributed by atoms with E-state index >= 15 is 0 Å². The third-order valence-electron chi connectivity index (χ3n) is 2.76. The Morgan fingerprint density at radius 1 is 1.35 bits per heavy atom. The Hall–Kier alpha value is 0.174. The normalized spacial score (nSPS) is 13.5. The van der Waals surface area contributed by atoms with Crippen LogP contribution in [0.3, 0.4) is 0 Å². The van der Waals surface area contributed by atoms with Crippen LogP contribution in [0.5, 0.6) is 0 Å². The molecule has 0 saturated carbocycles. The number of anilines is 1. The predicted octanol–water partition coefficient (Wildman–Crippen LogP) is 4.61. The zero-order valence-electron chi connectivity index (χ0n) is 11.6. The van der Waals surface area contributed by atoms with Gasteiger partial charge in [0.15, 0.2) is 0 Å². The molecule has 0 heterocycles. The van der Waals surface area contributed by atoms with Gasteiger partial charge in [0.1, 0.15) is 0 Å². The Morgan fingerprint density at radius 3 is 2.50 bits per heavy atom. The molecule has 0 N–H and O–H groups in total. The average Bonchev–Trinajstić information content (AvgIpc) is 2.35. The third kappa shape index (κ3) is 6.30. The Kier molecular flexibility index (Phi) is 9.33. The molecule has 0 fully saturated rings. The summed E-state index contributed by atoms with van der Waals surface area (Å²) < 4.78 is 26.7. The fourth-order valence-electron chi connectivity index (χ4n) is 1.75. The molecule has 0 radical (unpaired) electrons. The fraction of sp³-hybridized carbons (Fsp3) is 0.571. The molecule has 112 valence electrons. The van der Waals surface area contributed by atoms with Gasteiger partial charge in [-0.25, -0.2) is 8.78 Å². The van der Waals surface area contributed by atoms with Gasteiger partial charge in [-0.3, -0.25) is 0 Å². The largest absolute Gasteiger partial charge is 0.419 e. The van der Waals surface area contributed by atoms with Crippen LogP contribution in [0.1, 0.15) is 26.7 Å². The number of halogens is 4. The van der Waals surface area contributed by atoms with Crippen LogP contribution in [0.15, 0.2) is 12.1 Å². The topological polar surface area (TPSA) is 3.24 Å². The maximum atomic E-state index is 13.8. The Labute approximate surface area is 144 Å². The van der Waals surface area contributed by atoms with Gasteiger partial charge >= 0.3 is 0 Å². The Morgan fingerprint density at radius 2 is 2.00 bits per heavy atom. The maximum Gasteiger partial charge on any atom is 0.0717 e. The second-order valence-electron chi connectivity index (χ2n) is 4.83. The van der Waals surface area contributed by atoms with Gasteiger partial charge in [-0.05, 0) is 19.0 Å². The number of benzene rings is 1. The van der Waals surface area contributed by atoms with E-state index < -0.39 is 16.5 Å². The number of rotatable bonds is 7. The first-order valence-corrected chi connectivity index (χ1v) is 7.18. The zero-order chi connectivity index (χ0) is 14.5. The van der Waals surface area contributed by atoms with Crippen molar-refractivity contribution in [3.05, 3.63) is 29.8 Å². The molecular weight excluding hydrogens is 339 g/mol. The van der Waals surface area contributed by atoms with Crippen LogP contribution in [-0.4, -0.2) is 23.8 Å². The molecule has 1 atom stereocenters. The van der Waals surface area contributed by atoms with E-state index in [1.54, 1.807) is 11.8 Å². The second-order valence-corrected chi connectivity index (χ2v) is 6.01. The van der Waals surface area contributed by atoms with Crippen molar-refractivity contribution in [2.45, 2.75) is 31.6 Å². The molecule has 0 amide bonds. The monoisotopic (exact) mass is 356 g/mol. The summed E-state index contributed by atoms with van der Waals surface area (Å²) in [4.78, 5) is 1.14. The van der Waals surface area contributed by atoms with Crippen molar-refractivity contribution in [3.63, 3.8) is 0 Å². The molecule has 0 spiro atoms. The minimum atomic E-state index is -0.706. The SMILES string of the molecule is CCCCN(CC(C)(Cl)CCl)c1ccc(F)[c-]c1F.[Ti]. The maximum absolute atomic E-state index is 13.8. The van der Waals surface area contributed by atoms with Crippen molar-refractivity contribution in [3.8, 4) is 0 Å². The van der Waals surface area contributed by atoms with Gasteiger partial charge in [0.05, 0.1) is 4.87 Å². The van der Waals surface area contributed by atoms with Gasteiger partial charge in [0.2, 0.25) is 0 Å². The molecule has 1 rings (SSSR count). The summed E-state index contributed by atoms with van der Waals surface area (Å²) in [7, 11) is 0. The van der Waals surface area contributed by atoms with E-state index in [0.717, 1.165) is 12.8 Å². The molecule has 1 aromatic rings. The van der Waals surface area contributed by atoms with Gasteiger partial charge in [-0.2, -0.15) is 0 Å². The van der Waals surface area contributed by atoms with Gasteiger partial charge in [-0.1, -0.05) is 13.3 Å². The van der Waals surface area contributed by atoms with Crippen LogP contribution < -0.4 is 4.90 Å². The number of unbranched alkanes of at least 4 members (excludes halogenated alkanes) is 1. The first-order valence-electron chi connectivity index (χ1n) is 6.27. The molecule has 0 aliphatic rings. The van der Waals surface area contributed by atoms with Crippen LogP contribution in [0.2, 0.25) is 0 Å². The van der Waals surface area contributed by atoms with Crippen LogP contribution in [0, 0.1) is 17.7 Å². The molecule has 0 aliphatic carbocycles. The molecule has 1 unspecified atom stereocenters. The molecule has 0 saturated heterocycles. The minimum absolute atomic E-state index is 0. The standard InChI is InChI=1S/C14H18Cl2F2N.Ti/c1-3-4-7-19(10-14(2,16)9-15)13-6-5-11(17)8-12(13)18;/h5-6H,3-4,7,9-10H2,1-2H3;/q-1;. The van der Waals surface area contributed by atoms with Crippen LogP contribution in [0.4, 0.5) is 14.5 Å². The van der Waals surface area contributed by atoms with Gasteiger partial charge in [0, 0.05) is 52.3 Å². The minimum Gasteiger partial charge on any atom is -0.419 e. The first kappa shape index (κ1) is 20.2.